The van der Waals surface area contributed by atoms with Gasteiger partial charge in [-0.3, -0.25) is 0 Å². The highest BCUT2D eigenvalue weighted by Crippen LogP contribution is 2.27. The van der Waals surface area contributed by atoms with Crippen LogP contribution in [-0.4, -0.2) is 5.11 Å². The molecule has 0 aromatic heterocycles. The van der Waals surface area contributed by atoms with E-state index in [9.17, 15) is 5.11 Å². The van der Waals surface area contributed by atoms with Crippen molar-refractivity contribution in [1.29, 1.82) is 0 Å². The summed E-state index contributed by atoms with van der Waals surface area (Å²) in [4.78, 5) is 0. The van der Waals surface area contributed by atoms with Gasteiger partial charge < -0.3 is 10.8 Å². The summed E-state index contributed by atoms with van der Waals surface area (Å²) in [7, 11) is 0. The van der Waals surface area contributed by atoms with Crippen LogP contribution in [0.3, 0.4) is 0 Å². The highest BCUT2D eigenvalue weighted by Gasteiger charge is 2.06. The number of benzene rings is 3. The zero-order valence-electron chi connectivity index (χ0n) is 11.4. The molecule has 0 atom stereocenters. The van der Waals surface area contributed by atoms with Crippen molar-refractivity contribution >= 4 is 16.5 Å². The van der Waals surface area contributed by atoms with Crippen LogP contribution in [0.2, 0.25) is 0 Å². The Hall–Kier alpha value is -2.48. The first kappa shape index (κ1) is 12.5. The Morgan fingerprint density at radius 2 is 1.80 bits per heavy atom. The van der Waals surface area contributed by atoms with E-state index in [0.717, 1.165) is 39.6 Å². The molecule has 20 heavy (non-hydrogen) atoms. The summed E-state index contributed by atoms with van der Waals surface area (Å²) in [5, 5.41) is 12.0. The second kappa shape index (κ2) is 4.89. The van der Waals surface area contributed by atoms with Gasteiger partial charge in [0.25, 0.3) is 0 Å². The Kier molecular flexibility index (Phi) is 3.07. The van der Waals surface area contributed by atoms with Crippen LogP contribution < -0.4 is 5.73 Å². The highest BCUT2D eigenvalue weighted by molar-refractivity contribution is 5.94. The van der Waals surface area contributed by atoms with Gasteiger partial charge in [-0.1, -0.05) is 48.5 Å². The van der Waals surface area contributed by atoms with E-state index in [1.54, 1.807) is 0 Å². The number of nitrogen functional groups attached to an aromatic ring is 1. The predicted molar refractivity (Wildman–Crippen MR) is 84.0 cm³/mol. The van der Waals surface area contributed by atoms with Gasteiger partial charge in [-0.15, -0.1) is 0 Å². The first-order chi connectivity index (χ1) is 9.65. The predicted octanol–water partition coefficient (Wildman–Crippen LogP) is 4.03. The van der Waals surface area contributed by atoms with Crippen LogP contribution in [0.25, 0.3) is 10.8 Å². The molecule has 2 nitrogen and oxygen atoms in total. The number of nitrogens with two attached hydrogens (primary N) is 1. The van der Waals surface area contributed by atoms with Gasteiger partial charge in [-0.05, 0) is 41.5 Å². The van der Waals surface area contributed by atoms with Gasteiger partial charge in [0.15, 0.2) is 0 Å². The highest BCUT2D eigenvalue weighted by atomic mass is 16.3. The third-order valence-corrected chi connectivity index (χ3v) is 3.73. The number of rotatable bonds is 2. The molecule has 3 aromatic carbocycles. The fraction of sp³-hybridized carbons (Fsp3) is 0.111. The maximum Gasteiger partial charge on any atom is 0.118 e. The van der Waals surface area contributed by atoms with Gasteiger partial charge in [0.05, 0.1) is 0 Å². The third kappa shape index (κ3) is 2.21. The number of aromatic hydroxyl groups is 1. The fourth-order valence-electron chi connectivity index (χ4n) is 2.48. The van der Waals surface area contributed by atoms with Gasteiger partial charge in [0.1, 0.15) is 5.75 Å². The van der Waals surface area contributed by atoms with Gasteiger partial charge in [-0.2, -0.15) is 0 Å². The molecule has 0 saturated heterocycles. The molecule has 0 spiro atoms. The largest absolute Gasteiger partial charge is 0.508 e. The standard InChI is InChI=1S/C18H17NO/c1-12-6-7-13(11-17(12)20)10-15-9-8-14-4-2-3-5-16(14)18(15)19/h2-9,11,20H,10,19H2,1H3. The minimum atomic E-state index is 0.335. The van der Waals surface area contributed by atoms with E-state index in [2.05, 4.69) is 18.2 Å². The Balaban J connectivity index is 2.02. The van der Waals surface area contributed by atoms with Crippen LogP contribution >= 0.6 is 0 Å². The number of phenols is 1. The van der Waals surface area contributed by atoms with Crippen LogP contribution in [0.15, 0.2) is 54.6 Å². The number of hydrogen-bond donors (Lipinski definition) is 2. The Morgan fingerprint density at radius 1 is 1.00 bits per heavy atom. The van der Waals surface area contributed by atoms with Crippen LogP contribution in [0, 0.1) is 6.92 Å². The van der Waals surface area contributed by atoms with E-state index in [-0.39, 0.29) is 0 Å². The molecular formula is C18H17NO. The van der Waals surface area contributed by atoms with Crippen LogP contribution in [-0.2, 0) is 6.42 Å². The van der Waals surface area contributed by atoms with E-state index in [1.165, 1.54) is 0 Å². The zero-order valence-corrected chi connectivity index (χ0v) is 11.4. The molecule has 0 aliphatic heterocycles. The van der Waals surface area contributed by atoms with E-state index in [0.29, 0.717) is 5.75 Å². The van der Waals surface area contributed by atoms with Gasteiger partial charge in [0, 0.05) is 11.1 Å². The minimum Gasteiger partial charge on any atom is -0.508 e. The van der Waals surface area contributed by atoms with Crippen molar-refractivity contribution in [2.45, 2.75) is 13.3 Å². The summed E-state index contributed by atoms with van der Waals surface area (Å²) in [6.07, 6.45) is 0.727. The maximum atomic E-state index is 9.79. The van der Waals surface area contributed by atoms with Gasteiger partial charge in [0.2, 0.25) is 0 Å². The maximum absolute atomic E-state index is 9.79. The van der Waals surface area contributed by atoms with Crippen LogP contribution in [0.1, 0.15) is 16.7 Å². The van der Waals surface area contributed by atoms with Crippen LogP contribution in [0.5, 0.6) is 5.75 Å². The zero-order chi connectivity index (χ0) is 14.1. The monoisotopic (exact) mass is 263 g/mol. The molecule has 0 amide bonds. The molecule has 0 aliphatic rings. The molecule has 100 valence electrons. The summed E-state index contributed by atoms with van der Waals surface area (Å²) < 4.78 is 0. The lowest BCUT2D eigenvalue weighted by molar-refractivity contribution is 0.470. The summed E-state index contributed by atoms with van der Waals surface area (Å²) >= 11 is 0. The summed E-state index contributed by atoms with van der Waals surface area (Å²) in [6.45, 7) is 1.89. The van der Waals surface area contributed by atoms with Gasteiger partial charge >= 0.3 is 0 Å². The molecule has 3 aromatic rings. The average molecular weight is 263 g/mol. The lowest BCUT2D eigenvalue weighted by Crippen LogP contribution is -1.97. The molecular weight excluding hydrogens is 246 g/mol. The molecule has 0 bridgehead atoms. The molecule has 2 heteroatoms. The molecule has 0 unspecified atom stereocenters. The van der Waals surface area contributed by atoms with Crippen molar-refractivity contribution in [2.24, 2.45) is 0 Å². The summed E-state index contributed by atoms with van der Waals surface area (Å²) in [5.74, 6) is 0.335. The first-order valence-corrected chi connectivity index (χ1v) is 6.70. The summed E-state index contributed by atoms with van der Waals surface area (Å²) in [6, 6.07) is 18.0. The molecule has 0 aliphatic carbocycles. The Labute approximate surface area is 118 Å². The van der Waals surface area contributed by atoms with Crippen LogP contribution in [0.4, 0.5) is 5.69 Å². The number of fused-ring (bicyclic) bond motifs is 1. The lowest BCUT2D eigenvalue weighted by atomic mass is 9.98. The van der Waals surface area contributed by atoms with Gasteiger partial charge in [-0.25, -0.2) is 0 Å². The van der Waals surface area contributed by atoms with Crippen molar-refractivity contribution in [3.05, 3.63) is 71.3 Å². The number of anilines is 1. The van der Waals surface area contributed by atoms with E-state index in [1.807, 2.05) is 43.3 Å². The first-order valence-electron chi connectivity index (χ1n) is 6.70. The van der Waals surface area contributed by atoms with Crippen molar-refractivity contribution < 1.29 is 5.11 Å². The third-order valence-electron chi connectivity index (χ3n) is 3.73. The molecule has 3 rings (SSSR count). The number of phenolic OH excluding ortho intramolecular Hbond substituents is 1. The molecule has 0 fully saturated rings. The van der Waals surface area contributed by atoms with E-state index in [4.69, 9.17) is 5.73 Å². The quantitative estimate of drug-likeness (QED) is 0.686. The van der Waals surface area contributed by atoms with Crippen molar-refractivity contribution in [2.75, 3.05) is 5.73 Å². The van der Waals surface area contributed by atoms with Crippen molar-refractivity contribution in [1.82, 2.24) is 0 Å². The normalized spacial score (nSPS) is 10.8. The van der Waals surface area contributed by atoms with Crippen molar-refractivity contribution in [3.8, 4) is 5.75 Å². The number of hydrogen-bond acceptors (Lipinski definition) is 2. The molecule has 3 N–H and O–H groups in total. The SMILES string of the molecule is Cc1ccc(Cc2ccc3ccccc3c2N)cc1O. The topological polar surface area (TPSA) is 46.2 Å². The lowest BCUT2D eigenvalue weighted by Gasteiger charge is -2.10. The number of aryl methyl sites for hydroxylation is 1. The minimum absolute atomic E-state index is 0.335. The average Bonchev–Trinajstić information content (AvgIpc) is 2.46. The second-order valence-electron chi connectivity index (χ2n) is 5.16. The fourth-order valence-corrected chi connectivity index (χ4v) is 2.48. The Morgan fingerprint density at radius 3 is 2.60 bits per heavy atom. The smallest absolute Gasteiger partial charge is 0.118 e. The molecule has 0 saturated carbocycles. The summed E-state index contributed by atoms with van der Waals surface area (Å²) in [5.41, 5.74) is 10.1. The second-order valence-corrected chi connectivity index (χ2v) is 5.16. The van der Waals surface area contributed by atoms with Crippen molar-refractivity contribution in [3.63, 3.8) is 0 Å². The van der Waals surface area contributed by atoms with E-state index >= 15 is 0 Å². The molecule has 0 heterocycles. The molecule has 0 radical (unpaired) electrons. The Bertz CT molecular complexity index is 777. The van der Waals surface area contributed by atoms with E-state index < -0.39 is 0 Å².